The van der Waals surface area contributed by atoms with Crippen molar-refractivity contribution < 1.29 is 14.5 Å². The van der Waals surface area contributed by atoms with Gasteiger partial charge >= 0.3 is 6.09 Å². The van der Waals surface area contributed by atoms with Crippen molar-refractivity contribution in [1.29, 1.82) is 0 Å². The molecule has 0 aliphatic carbocycles. The first-order valence-corrected chi connectivity index (χ1v) is 8.44. The van der Waals surface area contributed by atoms with Crippen molar-refractivity contribution in [2.75, 3.05) is 23.4 Å². The summed E-state index contributed by atoms with van der Waals surface area (Å²) in [4.78, 5) is 26.3. The normalized spacial score (nSPS) is 13.9. The van der Waals surface area contributed by atoms with E-state index < -0.39 is 11.0 Å². The number of hydrogen-bond donors (Lipinski definition) is 1. The number of nitrogens with one attached hydrogen (secondary N) is 1. The molecule has 2 heterocycles. The Morgan fingerprint density at radius 1 is 1.33 bits per heavy atom. The van der Waals surface area contributed by atoms with Crippen molar-refractivity contribution in [3.05, 3.63) is 50.2 Å². The molecule has 8 heteroatoms. The molecule has 0 saturated carbocycles. The Morgan fingerprint density at radius 2 is 2.12 bits per heavy atom. The molecule has 1 fully saturated rings. The van der Waals surface area contributed by atoms with Crippen LogP contribution in [0.3, 0.4) is 0 Å². The van der Waals surface area contributed by atoms with Gasteiger partial charge in [0.25, 0.3) is 5.69 Å². The van der Waals surface area contributed by atoms with Crippen molar-refractivity contribution in [2.45, 2.75) is 19.9 Å². The van der Waals surface area contributed by atoms with E-state index in [0.717, 1.165) is 6.42 Å². The molecule has 1 saturated heterocycles. The highest BCUT2D eigenvalue weighted by atomic mass is 32.1. The number of hydrogen-bond acceptors (Lipinski definition) is 6. The molecule has 1 aliphatic rings. The largest absolute Gasteiger partial charge is 0.447 e. The average Bonchev–Trinajstić information content (AvgIpc) is 3.21. The number of aryl methyl sites for hydroxylation is 1. The third kappa shape index (κ3) is 3.33. The number of ether oxygens (including phenoxy) is 1. The highest BCUT2D eigenvalue weighted by Gasteiger charge is 2.27. The minimum Gasteiger partial charge on any atom is -0.447 e. The minimum absolute atomic E-state index is 0.0559. The third-order valence-electron chi connectivity index (χ3n) is 3.76. The Labute approximate surface area is 143 Å². The van der Waals surface area contributed by atoms with Crippen LogP contribution in [0.1, 0.15) is 16.7 Å². The number of nitro benzene ring substituents is 1. The van der Waals surface area contributed by atoms with Crippen molar-refractivity contribution in [3.63, 3.8) is 0 Å². The van der Waals surface area contributed by atoms with Crippen molar-refractivity contribution >= 4 is 34.5 Å². The number of non-ortho nitro benzene ring substituents is 1. The standard InChI is InChI=1S/C16H17N3O4S/c1-2-12-4-5-13(24-12)10-17-14-6-3-11(19(21)22)9-15(14)18-7-8-23-16(18)20/h3-6,9,17H,2,7-8,10H2,1H3. The Balaban J connectivity index is 1.85. The van der Waals surface area contributed by atoms with Crippen LogP contribution in [0.15, 0.2) is 30.3 Å². The van der Waals surface area contributed by atoms with Crippen LogP contribution < -0.4 is 10.2 Å². The lowest BCUT2D eigenvalue weighted by Gasteiger charge is -2.18. The summed E-state index contributed by atoms with van der Waals surface area (Å²) in [6, 6.07) is 8.62. The first-order chi connectivity index (χ1) is 11.6. The zero-order valence-corrected chi connectivity index (χ0v) is 14.0. The van der Waals surface area contributed by atoms with Crippen molar-refractivity contribution in [1.82, 2.24) is 0 Å². The molecule has 1 aliphatic heterocycles. The molecule has 0 unspecified atom stereocenters. The molecule has 1 aromatic carbocycles. The molecule has 7 nitrogen and oxygen atoms in total. The van der Waals surface area contributed by atoms with Crippen LogP contribution in [0.25, 0.3) is 0 Å². The molecule has 1 N–H and O–H groups in total. The molecule has 3 rings (SSSR count). The van der Waals surface area contributed by atoms with E-state index in [2.05, 4.69) is 24.4 Å². The second kappa shape index (κ2) is 6.88. The fraction of sp³-hybridized carbons (Fsp3) is 0.312. The number of thiophene rings is 1. The number of nitrogens with zero attached hydrogens (tertiary/aromatic N) is 2. The van der Waals surface area contributed by atoms with E-state index in [4.69, 9.17) is 4.74 Å². The zero-order chi connectivity index (χ0) is 17.1. The second-order valence-electron chi connectivity index (χ2n) is 5.30. The maximum Gasteiger partial charge on any atom is 0.414 e. The average molecular weight is 347 g/mol. The third-order valence-corrected chi connectivity index (χ3v) is 4.99. The predicted molar refractivity (Wildman–Crippen MR) is 92.8 cm³/mol. The van der Waals surface area contributed by atoms with Gasteiger partial charge in [0.15, 0.2) is 0 Å². The van der Waals surface area contributed by atoms with Crippen LogP contribution in [0.4, 0.5) is 21.9 Å². The number of carbonyl (C=O) groups excluding carboxylic acids is 1. The summed E-state index contributed by atoms with van der Waals surface area (Å²) in [5.41, 5.74) is 1.09. The van der Waals surface area contributed by atoms with E-state index in [1.165, 1.54) is 26.8 Å². The summed E-state index contributed by atoms with van der Waals surface area (Å²) in [6.07, 6.45) is 0.510. The summed E-state index contributed by atoms with van der Waals surface area (Å²) in [7, 11) is 0. The van der Waals surface area contributed by atoms with Gasteiger partial charge in [-0.2, -0.15) is 0 Å². The molecule has 126 valence electrons. The summed E-state index contributed by atoms with van der Waals surface area (Å²) in [5, 5.41) is 14.3. The molecule has 0 spiro atoms. The zero-order valence-electron chi connectivity index (χ0n) is 13.2. The van der Waals surface area contributed by atoms with E-state index in [0.29, 0.717) is 24.5 Å². The first-order valence-electron chi connectivity index (χ1n) is 7.62. The molecule has 0 atom stereocenters. The van der Waals surface area contributed by atoms with E-state index in [-0.39, 0.29) is 12.3 Å². The van der Waals surface area contributed by atoms with Crippen LogP contribution in [0.2, 0.25) is 0 Å². The summed E-state index contributed by atoms with van der Waals surface area (Å²) in [5.74, 6) is 0. The fourth-order valence-corrected chi connectivity index (χ4v) is 3.41. The van der Waals surface area contributed by atoms with Gasteiger partial charge in [-0.25, -0.2) is 4.79 Å². The maximum atomic E-state index is 11.8. The van der Waals surface area contributed by atoms with Crippen LogP contribution in [-0.2, 0) is 17.7 Å². The SMILES string of the molecule is CCc1ccc(CNc2ccc([N+](=O)[O-])cc2N2CCOC2=O)s1. The van der Waals surface area contributed by atoms with Gasteiger partial charge in [0.1, 0.15) is 6.61 Å². The van der Waals surface area contributed by atoms with Crippen LogP contribution >= 0.6 is 11.3 Å². The Kier molecular flexibility index (Phi) is 4.66. The van der Waals surface area contributed by atoms with Gasteiger partial charge in [0, 0.05) is 28.4 Å². The van der Waals surface area contributed by atoms with Crippen LogP contribution in [-0.4, -0.2) is 24.2 Å². The number of rotatable bonds is 6. The van der Waals surface area contributed by atoms with Crippen LogP contribution in [0.5, 0.6) is 0 Å². The second-order valence-corrected chi connectivity index (χ2v) is 6.55. The molecular weight excluding hydrogens is 330 g/mol. The van der Waals surface area contributed by atoms with Gasteiger partial charge < -0.3 is 10.1 Å². The minimum atomic E-state index is -0.483. The van der Waals surface area contributed by atoms with E-state index in [9.17, 15) is 14.9 Å². The highest BCUT2D eigenvalue weighted by Crippen LogP contribution is 2.33. The van der Waals surface area contributed by atoms with E-state index in [1.807, 2.05) is 0 Å². The van der Waals surface area contributed by atoms with Gasteiger partial charge in [-0.15, -0.1) is 11.3 Å². The molecule has 0 bridgehead atoms. The molecule has 1 aromatic heterocycles. The van der Waals surface area contributed by atoms with Gasteiger partial charge in [-0.1, -0.05) is 6.92 Å². The maximum absolute atomic E-state index is 11.8. The molecule has 0 radical (unpaired) electrons. The number of cyclic esters (lactones) is 1. The van der Waals surface area contributed by atoms with E-state index in [1.54, 1.807) is 17.4 Å². The number of nitro groups is 1. The highest BCUT2D eigenvalue weighted by molar-refractivity contribution is 7.12. The van der Waals surface area contributed by atoms with E-state index >= 15 is 0 Å². The smallest absolute Gasteiger partial charge is 0.414 e. The van der Waals surface area contributed by atoms with Gasteiger partial charge in [0.2, 0.25) is 0 Å². The topological polar surface area (TPSA) is 84.7 Å². The Hall–Kier alpha value is -2.61. The molecular formula is C16H17N3O4S. The quantitative estimate of drug-likeness (QED) is 0.635. The Bertz CT molecular complexity index is 774. The monoisotopic (exact) mass is 347 g/mol. The lowest BCUT2D eigenvalue weighted by atomic mass is 10.2. The Morgan fingerprint density at radius 3 is 2.75 bits per heavy atom. The number of carbonyl (C=O) groups is 1. The number of benzene rings is 1. The molecule has 24 heavy (non-hydrogen) atoms. The van der Waals surface area contributed by atoms with Crippen molar-refractivity contribution in [2.24, 2.45) is 0 Å². The number of anilines is 2. The predicted octanol–water partition coefficient (Wildman–Crippen LogP) is 3.79. The lowest BCUT2D eigenvalue weighted by Crippen LogP contribution is -2.24. The van der Waals surface area contributed by atoms with Gasteiger partial charge in [-0.3, -0.25) is 15.0 Å². The number of amides is 1. The summed E-state index contributed by atoms with van der Waals surface area (Å²) < 4.78 is 4.95. The summed E-state index contributed by atoms with van der Waals surface area (Å²) >= 11 is 1.72. The lowest BCUT2D eigenvalue weighted by molar-refractivity contribution is -0.384. The fourth-order valence-electron chi connectivity index (χ4n) is 2.51. The molecule has 2 aromatic rings. The van der Waals surface area contributed by atoms with Gasteiger partial charge in [0.05, 0.1) is 22.8 Å². The van der Waals surface area contributed by atoms with Gasteiger partial charge in [-0.05, 0) is 24.6 Å². The van der Waals surface area contributed by atoms with Crippen LogP contribution in [0, 0.1) is 10.1 Å². The summed E-state index contributed by atoms with van der Waals surface area (Å²) in [6.45, 7) is 3.37. The molecule has 1 amide bonds. The first kappa shape index (κ1) is 16.3. The van der Waals surface area contributed by atoms with Crippen molar-refractivity contribution in [3.8, 4) is 0 Å².